The lowest BCUT2D eigenvalue weighted by Gasteiger charge is -2.33. The molecular formula is C9H18N2O4S. The summed E-state index contributed by atoms with van der Waals surface area (Å²) >= 11 is 0. The number of rotatable bonds is 4. The van der Waals surface area contributed by atoms with E-state index in [-0.39, 0.29) is 0 Å². The number of hydrogen-bond donors (Lipinski definition) is 2. The number of nitrogens with one attached hydrogen (secondary N) is 1. The molecule has 2 atom stereocenters. The molecule has 6 nitrogen and oxygen atoms in total. The molecule has 2 unspecified atom stereocenters. The molecule has 94 valence electrons. The molecule has 0 spiro atoms. The van der Waals surface area contributed by atoms with Gasteiger partial charge in [-0.05, 0) is 18.3 Å². The smallest absolute Gasteiger partial charge is 0.318 e. The number of carboxylic acids is 1. The first kappa shape index (κ1) is 13.4. The summed E-state index contributed by atoms with van der Waals surface area (Å²) in [5.74, 6) is -0.558. The second kappa shape index (κ2) is 5.11. The van der Waals surface area contributed by atoms with E-state index in [1.807, 2.05) is 13.8 Å². The first-order valence-corrected chi connectivity index (χ1v) is 6.72. The van der Waals surface area contributed by atoms with Crippen molar-refractivity contribution >= 4 is 16.2 Å². The average molecular weight is 250 g/mol. The van der Waals surface area contributed by atoms with Gasteiger partial charge < -0.3 is 5.11 Å². The van der Waals surface area contributed by atoms with Gasteiger partial charge in [-0.15, -0.1) is 0 Å². The number of carbonyl (C=O) groups is 1. The minimum Gasteiger partial charge on any atom is -0.480 e. The second-order valence-corrected chi connectivity index (χ2v) is 6.24. The minimum atomic E-state index is -3.64. The highest BCUT2D eigenvalue weighted by molar-refractivity contribution is 7.87. The molecule has 0 aromatic rings. The topological polar surface area (TPSA) is 86.7 Å². The molecule has 0 bridgehead atoms. The summed E-state index contributed by atoms with van der Waals surface area (Å²) in [6.07, 6.45) is 1.00. The lowest BCUT2D eigenvalue weighted by atomic mass is 9.94. The van der Waals surface area contributed by atoms with Crippen LogP contribution in [0.1, 0.15) is 20.3 Å². The van der Waals surface area contributed by atoms with Gasteiger partial charge in [-0.1, -0.05) is 13.8 Å². The van der Waals surface area contributed by atoms with Gasteiger partial charge in [0.1, 0.15) is 6.54 Å². The minimum absolute atomic E-state index is 0.310. The summed E-state index contributed by atoms with van der Waals surface area (Å²) in [4.78, 5) is 10.3. The third kappa shape index (κ3) is 3.73. The van der Waals surface area contributed by atoms with Crippen LogP contribution < -0.4 is 4.72 Å². The Kier molecular flexibility index (Phi) is 4.28. The first-order valence-electron chi connectivity index (χ1n) is 5.28. The second-order valence-electron chi connectivity index (χ2n) is 4.48. The zero-order valence-corrected chi connectivity index (χ0v) is 10.3. The molecule has 1 heterocycles. The number of nitrogens with zero attached hydrogens (tertiary/aromatic N) is 1. The van der Waals surface area contributed by atoms with Crippen LogP contribution in [0.2, 0.25) is 0 Å². The van der Waals surface area contributed by atoms with Gasteiger partial charge in [0.05, 0.1) is 0 Å². The number of aliphatic carboxylic acids is 1. The molecule has 1 aliphatic rings. The van der Waals surface area contributed by atoms with Crippen molar-refractivity contribution in [3.05, 3.63) is 0 Å². The standard InChI is InChI=1S/C9H18N2O4S/c1-7-3-8(2)6-11(5-7)16(14,15)10-4-9(12)13/h7-8,10H,3-6H2,1-2H3,(H,12,13). The average Bonchev–Trinajstić information content (AvgIpc) is 2.13. The van der Waals surface area contributed by atoms with E-state index >= 15 is 0 Å². The fourth-order valence-corrected chi connectivity index (χ4v) is 3.44. The Labute approximate surface area is 95.8 Å². The number of hydrogen-bond acceptors (Lipinski definition) is 3. The van der Waals surface area contributed by atoms with Crippen LogP contribution in [0, 0.1) is 11.8 Å². The van der Waals surface area contributed by atoms with E-state index in [2.05, 4.69) is 4.72 Å². The Bertz CT molecular complexity index is 345. The highest BCUT2D eigenvalue weighted by Gasteiger charge is 2.30. The van der Waals surface area contributed by atoms with Crippen molar-refractivity contribution in [2.24, 2.45) is 11.8 Å². The van der Waals surface area contributed by atoms with E-state index < -0.39 is 22.7 Å². The summed E-state index contributed by atoms with van der Waals surface area (Å²) in [6, 6.07) is 0. The molecule has 7 heteroatoms. The maximum absolute atomic E-state index is 11.7. The highest BCUT2D eigenvalue weighted by atomic mass is 32.2. The van der Waals surface area contributed by atoms with Crippen LogP contribution in [0.15, 0.2) is 0 Å². The monoisotopic (exact) mass is 250 g/mol. The Morgan fingerprint density at radius 3 is 2.31 bits per heavy atom. The van der Waals surface area contributed by atoms with Crippen LogP contribution >= 0.6 is 0 Å². The molecule has 1 saturated heterocycles. The summed E-state index contributed by atoms with van der Waals surface area (Å²) in [7, 11) is -3.64. The molecule has 0 aromatic carbocycles. The fourth-order valence-electron chi connectivity index (χ4n) is 2.05. The van der Waals surface area contributed by atoms with Crippen molar-refractivity contribution in [3.63, 3.8) is 0 Å². The zero-order valence-electron chi connectivity index (χ0n) is 9.51. The molecule has 0 amide bonds. The van der Waals surface area contributed by atoms with Crippen LogP contribution in [0.5, 0.6) is 0 Å². The molecule has 0 aromatic heterocycles. The largest absolute Gasteiger partial charge is 0.480 e. The maximum Gasteiger partial charge on any atom is 0.318 e. The van der Waals surface area contributed by atoms with Crippen LogP contribution in [-0.4, -0.2) is 43.4 Å². The normalized spacial score (nSPS) is 27.9. The third-order valence-electron chi connectivity index (χ3n) is 2.58. The quantitative estimate of drug-likeness (QED) is 0.728. The van der Waals surface area contributed by atoms with Crippen LogP contribution in [0.3, 0.4) is 0 Å². The van der Waals surface area contributed by atoms with Gasteiger partial charge in [-0.25, -0.2) is 0 Å². The van der Waals surface area contributed by atoms with Gasteiger partial charge in [0.25, 0.3) is 10.2 Å². The van der Waals surface area contributed by atoms with E-state index in [1.165, 1.54) is 4.31 Å². The lowest BCUT2D eigenvalue weighted by molar-refractivity contribution is -0.135. The van der Waals surface area contributed by atoms with Crippen LogP contribution in [-0.2, 0) is 15.0 Å². The van der Waals surface area contributed by atoms with Crippen molar-refractivity contribution in [1.29, 1.82) is 0 Å². The Morgan fingerprint density at radius 1 is 1.38 bits per heavy atom. The molecular weight excluding hydrogens is 232 g/mol. The Balaban J connectivity index is 2.64. The molecule has 1 aliphatic heterocycles. The molecule has 0 radical (unpaired) electrons. The van der Waals surface area contributed by atoms with Gasteiger partial charge in [0.2, 0.25) is 0 Å². The molecule has 2 N–H and O–H groups in total. The summed E-state index contributed by atoms with van der Waals surface area (Å²) < 4.78 is 26.9. The maximum atomic E-state index is 11.7. The number of piperidine rings is 1. The number of carboxylic acid groups (broad SMARTS) is 1. The van der Waals surface area contributed by atoms with Crippen molar-refractivity contribution in [2.45, 2.75) is 20.3 Å². The van der Waals surface area contributed by atoms with E-state index in [4.69, 9.17) is 5.11 Å². The van der Waals surface area contributed by atoms with Crippen LogP contribution in [0.25, 0.3) is 0 Å². The Hall–Kier alpha value is -0.660. The van der Waals surface area contributed by atoms with Gasteiger partial charge in [0.15, 0.2) is 0 Å². The highest BCUT2D eigenvalue weighted by Crippen LogP contribution is 2.22. The molecule has 1 rings (SSSR count). The molecule has 0 saturated carbocycles. The Morgan fingerprint density at radius 2 is 1.88 bits per heavy atom. The van der Waals surface area contributed by atoms with Crippen molar-refractivity contribution in [3.8, 4) is 0 Å². The van der Waals surface area contributed by atoms with E-state index in [9.17, 15) is 13.2 Å². The molecule has 1 fully saturated rings. The summed E-state index contributed by atoms with van der Waals surface area (Å²) in [6.45, 7) is 4.34. The van der Waals surface area contributed by atoms with Gasteiger partial charge >= 0.3 is 5.97 Å². The summed E-state index contributed by atoms with van der Waals surface area (Å²) in [5, 5.41) is 8.43. The predicted molar refractivity (Wildman–Crippen MR) is 59.1 cm³/mol. The van der Waals surface area contributed by atoms with Crippen LogP contribution in [0.4, 0.5) is 0 Å². The van der Waals surface area contributed by atoms with E-state index in [0.717, 1.165) is 6.42 Å². The predicted octanol–water partition coefficient (Wildman–Crippen LogP) is -0.117. The zero-order chi connectivity index (χ0) is 12.3. The molecule has 16 heavy (non-hydrogen) atoms. The van der Waals surface area contributed by atoms with Gasteiger partial charge in [-0.3, -0.25) is 4.79 Å². The van der Waals surface area contributed by atoms with Crippen molar-refractivity contribution in [1.82, 2.24) is 9.03 Å². The fraction of sp³-hybridized carbons (Fsp3) is 0.889. The van der Waals surface area contributed by atoms with Gasteiger partial charge in [0, 0.05) is 13.1 Å². The van der Waals surface area contributed by atoms with E-state index in [0.29, 0.717) is 24.9 Å². The third-order valence-corrected chi connectivity index (χ3v) is 4.07. The lowest BCUT2D eigenvalue weighted by Crippen LogP contribution is -2.48. The first-order chi connectivity index (χ1) is 7.31. The van der Waals surface area contributed by atoms with Crippen molar-refractivity contribution in [2.75, 3.05) is 19.6 Å². The van der Waals surface area contributed by atoms with E-state index in [1.54, 1.807) is 0 Å². The SMILES string of the molecule is CC1CC(C)CN(S(=O)(=O)NCC(=O)O)C1. The van der Waals surface area contributed by atoms with Crippen molar-refractivity contribution < 1.29 is 18.3 Å². The molecule has 0 aliphatic carbocycles. The van der Waals surface area contributed by atoms with Gasteiger partial charge in [-0.2, -0.15) is 17.4 Å². The summed E-state index contributed by atoms with van der Waals surface area (Å²) in [5.41, 5.74) is 0.